The van der Waals surface area contributed by atoms with Gasteiger partial charge in [0, 0.05) is 35.5 Å². The molecule has 2 N–H and O–H groups in total. The van der Waals surface area contributed by atoms with Crippen LogP contribution >= 0.6 is 0 Å². The van der Waals surface area contributed by atoms with E-state index in [0.717, 1.165) is 16.7 Å². The molecule has 1 aromatic heterocycles. The van der Waals surface area contributed by atoms with Gasteiger partial charge in [-0.05, 0) is 17.7 Å². The lowest BCUT2D eigenvalue weighted by Gasteiger charge is -2.17. The van der Waals surface area contributed by atoms with Gasteiger partial charge in [0.15, 0.2) is 0 Å². The van der Waals surface area contributed by atoms with Gasteiger partial charge in [-0.2, -0.15) is 4.98 Å². The van der Waals surface area contributed by atoms with E-state index in [1.54, 1.807) is 30.3 Å². The van der Waals surface area contributed by atoms with Crippen LogP contribution in [0.5, 0.6) is 0 Å². The first kappa shape index (κ1) is 15.8. The highest BCUT2D eigenvalue weighted by atomic mass is 32.2. The van der Waals surface area contributed by atoms with Crippen molar-refractivity contribution in [1.29, 1.82) is 0 Å². The molecule has 0 bridgehead atoms. The Labute approximate surface area is 129 Å². The van der Waals surface area contributed by atoms with E-state index < -0.39 is 15.7 Å². The summed E-state index contributed by atoms with van der Waals surface area (Å²) in [6.45, 7) is 0.494. The van der Waals surface area contributed by atoms with Crippen molar-refractivity contribution in [3.05, 3.63) is 46.1 Å². The molecule has 2 aromatic rings. The SMILES string of the molecule is CN(Cc1ccc([S@](C)=O)cc1)c1ncc([N+](=O)[O-])c(N)n1. The van der Waals surface area contributed by atoms with Crippen LogP contribution in [0.3, 0.4) is 0 Å². The number of nitro groups is 1. The predicted molar refractivity (Wildman–Crippen MR) is 84.0 cm³/mol. The number of hydrogen-bond acceptors (Lipinski definition) is 7. The molecule has 0 fully saturated rings. The number of benzene rings is 1. The topological polar surface area (TPSA) is 115 Å². The molecule has 116 valence electrons. The summed E-state index contributed by atoms with van der Waals surface area (Å²) >= 11 is 0. The van der Waals surface area contributed by atoms with E-state index in [1.807, 2.05) is 12.1 Å². The Morgan fingerprint density at radius 3 is 2.50 bits per heavy atom. The normalized spacial score (nSPS) is 11.9. The van der Waals surface area contributed by atoms with Crippen molar-refractivity contribution in [3.63, 3.8) is 0 Å². The summed E-state index contributed by atoms with van der Waals surface area (Å²) in [5.41, 5.74) is 6.21. The zero-order chi connectivity index (χ0) is 16.3. The Balaban J connectivity index is 2.15. The maximum atomic E-state index is 11.3. The largest absolute Gasteiger partial charge is 0.378 e. The van der Waals surface area contributed by atoms with Crippen LogP contribution in [0.15, 0.2) is 35.4 Å². The lowest BCUT2D eigenvalue weighted by Crippen LogP contribution is -2.19. The minimum atomic E-state index is -1.01. The van der Waals surface area contributed by atoms with Crippen LogP contribution in [0.25, 0.3) is 0 Å². The van der Waals surface area contributed by atoms with Crippen LogP contribution in [-0.2, 0) is 17.3 Å². The van der Waals surface area contributed by atoms with Crippen molar-refractivity contribution in [2.45, 2.75) is 11.4 Å². The van der Waals surface area contributed by atoms with Gasteiger partial charge in [-0.15, -0.1) is 0 Å². The second-order valence-electron chi connectivity index (χ2n) is 4.65. The number of anilines is 2. The molecule has 8 nitrogen and oxygen atoms in total. The van der Waals surface area contributed by atoms with Gasteiger partial charge >= 0.3 is 5.69 Å². The number of nitrogens with zero attached hydrogens (tertiary/aromatic N) is 4. The van der Waals surface area contributed by atoms with Crippen LogP contribution in [0.2, 0.25) is 0 Å². The molecule has 0 unspecified atom stereocenters. The Morgan fingerprint density at radius 1 is 1.36 bits per heavy atom. The molecule has 22 heavy (non-hydrogen) atoms. The number of aromatic nitrogens is 2. The molecule has 1 aromatic carbocycles. The highest BCUT2D eigenvalue weighted by molar-refractivity contribution is 7.84. The number of nitrogen functional groups attached to an aromatic ring is 1. The van der Waals surface area contributed by atoms with Crippen molar-refractivity contribution in [3.8, 4) is 0 Å². The minimum absolute atomic E-state index is 0.168. The van der Waals surface area contributed by atoms with Crippen molar-refractivity contribution in [2.24, 2.45) is 0 Å². The Bertz CT molecular complexity index is 720. The fourth-order valence-corrected chi connectivity index (χ4v) is 2.35. The Hall–Kier alpha value is -2.55. The number of rotatable bonds is 5. The summed E-state index contributed by atoms with van der Waals surface area (Å²) in [6, 6.07) is 7.32. The second kappa shape index (κ2) is 6.48. The molecule has 1 atom stereocenters. The minimum Gasteiger partial charge on any atom is -0.378 e. The van der Waals surface area contributed by atoms with Crippen molar-refractivity contribution < 1.29 is 9.13 Å². The molecule has 0 aliphatic rings. The highest BCUT2D eigenvalue weighted by Crippen LogP contribution is 2.20. The van der Waals surface area contributed by atoms with Crippen molar-refractivity contribution in [2.75, 3.05) is 23.9 Å². The van der Waals surface area contributed by atoms with Crippen LogP contribution in [0.4, 0.5) is 17.5 Å². The van der Waals surface area contributed by atoms with Crippen molar-refractivity contribution >= 4 is 28.3 Å². The fourth-order valence-electron chi connectivity index (χ4n) is 1.83. The van der Waals surface area contributed by atoms with Gasteiger partial charge in [-0.3, -0.25) is 14.3 Å². The van der Waals surface area contributed by atoms with Gasteiger partial charge in [0.05, 0.1) is 4.92 Å². The summed E-state index contributed by atoms with van der Waals surface area (Å²) in [5.74, 6) is 0.129. The molecule has 2 rings (SSSR count). The van der Waals surface area contributed by atoms with Gasteiger partial charge in [0.2, 0.25) is 11.8 Å². The zero-order valence-corrected chi connectivity index (χ0v) is 12.9. The van der Waals surface area contributed by atoms with Crippen LogP contribution in [0, 0.1) is 10.1 Å². The van der Waals surface area contributed by atoms with Gasteiger partial charge < -0.3 is 10.6 Å². The third kappa shape index (κ3) is 3.55. The van der Waals surface area contributed by atoms with Crippen LogP contribution < -0.4 is 10.6 Å². The van der Waals surface area contributed by atoms with Gasteiger partial charge in [0.1, 0.15) is 6.20 Å². The third-order valence-electron chi connectivity index (χ3n) is 3.00. The Kier molecular flexibility index (Phi) is 4.66. The van der Waals surface area contributed by atoms with Gasteiger partial charge in [0.25, 0.3) is 0 Å². The zero-order valence-electron chi connectivity index (χ0n) is 12.1. The molecule has 0 aliphatic heterocycles. The molecular weight excluding hydrogens is 306 g/mol. The van der Waals surface area contributed by atoms with Crippen molar-refractivity contribution in [1.82, 2.24) is 9.97 Å². The standard InChI is InChI=1S/C13H15N5O3S/c1-17(8-9-3-5-10(6-4-9)22(2)21)13-15-7-11(18(19)20)12(14)16-13/h3-7H,8H2,1-2H3,(H2,14,15,16)/t22-/m0/s1. The smallest absolute Gasteiger partial charge is 0.329 e. The third-order valence-corrected chi connectivity index (χ3v) is 3.93. The molecule has 0 spiro atoms. The quantitative estimate of drug-likeness (QED) is 0.652. The fraction of sp³-hybridized carbons (Fsp3) is 0.231. The molecule has 9 heteroatoms. The number of nitrogens with two attached hydrogens (primary N) is 1. The molecule has 0 radical (unpaired) electrons. The first-order valence-electron chi connectivity index (χ1n) is 6.29. The second-order valence-corrected chi connectivity index (χ2v) is 6.03. The van der Waals surface area contributed by atoms with E-state index in [9.17, 15) is 14.3 Å². The average molecular weight is 321 g/mol. The summed E-state index contributed by atoms with van der Waals surface area (Å²) < 4.78 is 11.3. The molecule has 0 amide bonds. The number of hydrogen-bond donors (Lipinski definition) is 1. The monoisotopic (exact) mass is 321 g/mol. The summed E-state index contributed by atoms with van der Waals surface area (Å²) in [7, 11) is 0.742. The summed E-state index contributed by atoms with van der Waals surface area (Å²) in [6.07, 6.45) is 2.71. The first-order chi connectivity index (χ1) is 10.4. The molecular formula is C13H15N5O3S. The van der Waals surface area contributed by atoms with E-state index in [2.05, 4.69) is 9.97 Å². The predicted octanol–water partition coefficient (Wildman–Crippen LogP) is 1.34. The maximum Gasteiger partial charge on any atom is 0.329 e. The Morgan fingerprint density at radius 2 is 2.00 bits per heavy atom. The van der Waals surface area contributed by atoms with E-state index in [-0.39, 0.29) is 11.5 Å². The summed E-state index contributed by atoms with van der Waals surface area (Å²) in [5, 5.41) is 10.7. The lowest BCUT2D eigenvalue weighted by atomic mass is 10.2. The average Bonchev–Trinajstić information content (AvgIpc) is 2.47. The molecule has 0 aliphatic carbocycles. The van der Waals surface area contributed by atoms with Gasteiger partial charge in [-0.25, -0.2) is 4.98 Å². The van der Waals surface area contributed by atoms with Crippen LogP contribution in [-0.4, -0.2) is 32.4 Å². The van der Waals surface area contributed by atoms with Gasteiger partial charge in [-0.1, -0.05) is 12.1 Å². The summed E-state index contributed by atoms with van der Waals surface area (Å²) in [4.78, 5) is 20.4. The molecule has 0 saturated heterocycles. The maximum absolute atomic E-state index is 11.3. The molecule has 0 saturated carbocycles. The van der Waals surface area contributed by atoms with E-state index in [1.165, 1.54) is 0 Å². The van der Waals surface area contributed by atoms with E-state index in [4.69, 9.17) is 5.73 Å². The molecule has 1 heterocycles. The first-order valence-corrected chi connectivity index (χ1v) is 7.84. The van der Waals surface area contributed by atoms with E-state index in [0.29, 0.717) is 12.5 Å². The highest BCUT2D eigenvalue weighted by Gasteiger charge is 2.16. The van der Waals surface area contributed by atoms with E-state index >= 15 is 0 Å². The lowest BCUT2D eigenvalue weighted by molar-refractivity contribution is -0.384. The van der Waals surface area contributed by atoms with Crippen LogP contribution in [0.1, 0.15) is 5.56 Å².